The molecule has 0 heterocycles. The second-order valence-electron chi connectivity index (χ2n) is 6.97. The van der Waals surface area contributed by atoms with Crippen molar-refractivity contribution in [1.29, 1.82) is 0 Å². The maximum Gasteiger partial charge on any atom is 0.317 e. The van der Waals surface area contributed by atoms with Crippen LogP contribution in [-0.2, 0) is 9.59 Å². The van der Waals surface area contributed by atoms with Crippen LogP contribution in [0.15, 0.2) is 34.9 Å². The highest BCUT2D eigenvalue weighted by Crippen LogP contribution is 2.14. The first-order valence-corrected chi connectivity index (χ1v) is 9.14. The second kappa shape index (κ2) is 13.5. The van der Waals surface area contributed by atoms with Crippen LogP contribution in [0.4, 0.5) is 0 Å². The van der Waals surface area contributed by atoms with Gasteiger partial charge in [0.1, 0.15) is 0 Å². The van der Waals surface area contributed by atoms with Crippen LogP contribution in [-0.4, -0.2) is 22.2 Å². The smallest absolute Gasteiger partial charge is 0.317 e. The van der Waals surface area contributed by atoms with E-state index in [9.17, 15) is 9.59 Å². The van der Waals surface area contributed by atoms with E-state index in [1.807, 2.05) is 0 Å². The summed E-state index contributed by atoms with van der Waals surface area (Å²) >= 11 is 0. The Morgan fingerprint density at radius 3 is 1.72 bits per heavy atom. The number of carbonyl (C=O) groups is 2. The molecule has 0 aliphatic carbocycles. The topological polar surface area (TPSA) is 74.6 Å². The molecule has 0 aromatic rings. The van der Waals surface area contributed by atoms with E-state index in [1.165, 1.54) is 16.7 Å². The van der Waals surface area contributed by atoms with Gasteiger partial charge in [0.25, 0.3) is 0 Å². The largest absolute Gasteiger partial charge is 0.481 e. The number of aliphatic carboxylic acids is 2. The molecule has 142 valence electrons. The van der Waals surface area contributed by atoms with Crippen LogP contribution in [0.5, 0.6) is 0 Å². The van der Waals surface area contributed by atoms with Gasteiger partial charge in [0, 0.05) is 0 Å². The Morgan fingerprint density at radius 2 is 1.24 bits per heavy atom. The van der Waals surface area contributed by atoms with Gasteiger partial charge in [-0.2, -0.15) is 0 Å². The van der Waals surface area contributed by atoms with E-state index < -0.39 is 17.9 Å². The van der Waals surface area contributed by atoms with E-state index in [2.05, 4.69) is 45.9 Å². The Kier molecular flexibility index (Phi) is 12.5. The van der Waals surface area contributed by atoms with Crippen molar-refractivity contribution in [2.75, 3.05) is 0 Å². The summed E-state index contributed by atoms with van der Waals surface area (Å²) in [7, 11) is 0. The number of rotatable bonds is 13. The Labute approximate surface area is 152 Å². The van der Waals surface area contributed by atoms with Crippen molar-refractivity contribution in [2.24, 2.45) is 5.92 Å². The molecule has 0 fully saturated rings. The molecule has 0 atom stereocenters. The van der Waals surface area contributed by atoms with Gasteiger partial charge in [-0.05, 0) is 72.6 Å². The van der Waals surface area contributed by atoms with Crippen molar-refractivity contribution < 1.29 is 19.8 Å². The van der Waals surface area contributed by atoms with Crippen molar-refractivity contribution in [3.8, 4) is 0 Å². The zero-order valence-electron chi connectivity index (χ0n) is 16.2. The fraction of sp³-hybridized carbons (Fsp3) is 0.619. The zero-order chi connectivity index (χ0) is 19.2. The quantitative estimate of drug-likeness (QED) is 0.252. The Bertz CT molecular complexity index is 494. The van der Waals surface area contributed by atoms with E-state index in [0.717, 1.165) is 38.5 Å². The second-order valence-corrected chi connectivity index (χ2v) is 6.97. The SMILES string of the molecule is CC(C)=CCC/C(C)=C/CC/C(C)=C/CCCCC(C(=O)O)C(=O)O. The van der Waals surface area contributed by atoms with Crippen molar-refractivity contribution in [3.05, 3.63) is 34.9 Å². The molecule has 0 spiro atoms. The summed E-state index contributed by atoms with van der Waals surface area (Å²) in [5.74, 6) is -3.76. The third-order valence-corrected chi connectivity index (χ3v) is 4.16. The van der Waals surface area contributed by atoms with E-state index in [1.54, 1.807) is 0 Å². The van der Waals surface area contributed by atoms with E-state index in [4.69, 9.17) is 10.2 Å². The Hall–Kier alpha value is -1.84. The van der Waals surface area contributed by atoms with E-state index >= 15 is 0 Å². The summed E-state index contributed by atoms with van der Waals surface area (Å²) in [5.41, 5.74) is 4.13. The summed E-state index contributed by atoms with van der Waals surface area (Å²) in [6.45, 7) is 8.54. The number of hydrogen-bond acceptors (Lipinski definition) is 2. The molecule has 0 unspecified atom stereocenters. The summed E-state index contributed by atoms with van der Waals surface area (Å²) in [6.07, 6.45) is 13.6. The van der Waals surface area contributed by atoms with Gasteiger partial charge in [-0.3, -0.25) is 9.59 Å². The lowest BCUT2D eigenvalue weighted by Crippen LogP contribution is -2.23. The minimum Gasteiger partial charge on any atom is -0.481 e. The number of allylic oxidation sites excluding steroid dienone is 6. The first kappa shape index (κ1) is 23.2. The third kappa shape index (κ3) is 13.2. The van der Waals surface area contributed by atoms with Crippen molar-refractivity contribution in [1.82, 2.24) is 0 Å². The molecule has 0 aromatic carbocycles. The van der Waals surface area contributed by atoms with Crippen LogP contribution in [0.2, 0.25) is 0 Å². The van der Waals surface area contributed by atoms with Crippen LogP contribution >= 0.6 is 0 Å². The van der Waals surface area contributed by atoms with Crippen molar-refractivity contribution in [3.63, 3.8) is 0 Å². The standard InChI is InChI=1S/C21H34O4/c1-16(2)10-8-12-18(4)14-9-13-17(3)11-6-5-7-15-19(20(22)23)21(24)25/h10-11,14,19H,5-9,12-13,15H2,1-4H3,(H,22,23)(H,24,25)/b17-11+,18-14+. The van der Waals surface area contributed by atoms with Crippen LogP contribution in [0.3, 0.4) is 0 Å². The van der Waals surface area contributed by atoms with Crippen molar-refractivity contribution in [2.45, 2.75) is 79.1 Å². The highest BCUT2D eigenvalue weighted by atomic mass is 16.4. The van der Waals surface area contributed by atoms with Gasteiger partial charge in [-0.1, -0.05) is 41.4 Å². The summed E-state index contributed by atoms with van der Waals surface area (Å²) < 4.78 is 0. The lowest BCUT2D eigenvalue weighted by molar-refractivity contribution is -0.154. The lowest BCUT2D eigenvalue weighted by Gasteiger charge is -2.06. The van der Waals surface area contributed by atoms with Crippen molar-refractivity contribution >= 4 is 11.9 Å². The highest BCUT2D eigenvalue weighted by molar-refractivity contribution is 5.92. The first-order valence-electron chi connectivity index (χ1n) is 9.14. The van der Waals surface area contributed by atoms with Gasteiger partial charge in [0.2, 0.25) is 0 Å². The van der Waals surface area contributed by atoms with Gasteiger partial charge in [-0.15, -0.1) is 0 Å². The monoisotopic (exact) mass is 350 g/mol. The summed E-state index contributed by atoms with van der Waals surface area (Å²) in [5, 5.41) is 17.6. The molecule has 25 heavy (non-hydrogen) atoms. The number of hydrogen-bond donors (Lipinski definition) is 2. The summed E-state index contributed by atoms with van der Waals surface area (Å²) in [6, 6.07) is 0. The maximum atomic E-state index is 10.8. The third-order valence-electron chi connectivity index (χ3n) is 4.16. The van der Waals surface area contributed by atoms with Gasteiger partial charge in [0.15, 0.2) is 5.92 Å². The highest BCUT2D eigenvalue weighted by Gasteiger charge is 2.24. The van der Waals surface area contributed by atoms with Gasteiger partial charge in [0.05, 0.1) is 0 Å². The lowest BCUT2D eigenvalue weighted by atomic mass is 10.0. The van der Waals surface area contributed by atoms with E-state index in [-0.39, 0.29) is 6.42 Å². The molecular weight excluding hydrogens is 316 g/mol. The molecule has 0 radical (unpaired) electrons. The Balaban J connectivity index is 3.97. The van der Waals surface area contributed by atoms with Gasteiger partial charge in [-0.25, -0.2) is 0 Å². The Morgan fingerprint density at radius 1 is 0.760 bits per heavy atom. The molecule has 4 heteroatoms. The average molecular weight is 350 g/mol. The minimum atomic E-state index is -1.27. The molecule has 0 amide bonds. The molecule has 0 rings (SSSR count). The number of carboxylic acids is 2. The predicted octanol–water partition coefficient (Wildman–Crippen LogP) is 5.75. The zero-order valence-corrected chi connectivity index (χ0v) is 16.2. The molecule has 0 aliphatic rings. The predicted molar refractivity (Wildman–Crippen MR) is 103 cm³/mol. The first-order chi connectivity index (χ1) is 11.7. The summed E-state index contributed by atoms with van der Waals surface area (Å²) in [4.78, 5) is 21.6. The molecule has 0 aromatic heterocycles. The van der Waals surface area contributed by atoms with Gasteiger partial charge >= 0.3 is 11.9 Å². The molecule has 0 saturated carbocycles. The molecule has 4 nitrogen and oxygen atoms in total. The molecule has 2 N–H and O–H groups in total. The van der Waals surface area contributed by atoms with Crippen LogP contribution < -0.4 is 0 Å². The molecule has 0 saturated heterocycles. The number of unbranched alkanes of at least 4 members (excludes halogenated alkanes) is 2. The van der Waals surface area contributed by atoms with Crippen LogP contribution in [0, 0.1) is 5.92 Å². The fourth-order valence-corrected chi connectivity index (χ4v) is 2.53. The molecular formula is C21H34O4. The minimum absolute atomic E-state index is 0.200. The maximum absolute atomic E-state index is 10.8. The molecule has 0 bridgehead atoms. The van der Waals surface area contributed by atoms with E-state index in [0.29, 0.717) is 6.42 Å². The van der Waals surface area contributed by atoms with Gasteiger partial charge < -0.3 is 10.2 Å². The number of carboxylic acid groups (broad SMARTS) is 2. The average Bonchev–Trinajstić information content (AvgIpc) is 2.49. The van der Waals surface area contributed by atoms with Crippen LogP contribution in [0.1, 0.15) is 79.1 Å². The van der Waals surface area contributed by atoms with Crippen LogP contribution in [0.25, 0.3) is 0 Å². The fourth-order valence-electron chi connectivity index (χ4n) is 2.53. The molecule has 0 aliphatic heterocycles. The normalized spacial score (nSPS) is 12.4.